The van der Waals surface area contributed by atoms with Crippen LogP contribution in [0.3, 0.4) is 0 Å². The molecular weight excluding hydrogens is 332 g/mol. The highest BCUT2D eigenvalue weighted by Gasteiger charge is 2.36. The SMILES string of the molecule is C[N+]1(CCn2cc(N)c(N)n2)CC[N+](C)(CCn2ncc(N)c2N)CC1. The van der Waals surface area contributed by atoms with Crippen molar-refractivity contribution in [1.29, 1.82) is 0 Å². The fourth-order valence-corrected chi connectivity index (χ4v) is 3.47. The van der Waals surface area contributed by atoms with Gasteiger partial charge in [0, 0.05) is 0 Å². The first-order chi connectivity index (χ1) is 12.2. The first-order valence-corrected chi connectivity index (χ1v) is 9.02. The number of nitrogens with two attached hydrogens (primary N) is 4. The van der Waals surface area contributed by atoms with Gasteiger partial charge in [-0.05, 0) is 0 Å². The lowest BCUT2D eigenvalue weighted by molar-refractivity contribution is -1.02. The van der Waals surface area contributed by atoms with Gasteiger partial charge >= 0.3 is 0 Å². The number of quaternary nitrogens is 2. The summed E-state index contributed by atoms with van der Waals surface area (Å²) >= 11 is 0. The van der Waals surface area contributed by atoms with Crippen LogP contribution in [0.1, 0.15) is 0 Å². The van der Waals surface area contributed by atoms with Crippen LogP contribution in [0.2, 0.25) is 0 Å². The average Bonchev–Trinajstić information content (AvgIpc) is 3.10. The molecule has 1 aliphatic heterocycles. The number of aromatic nitrogens is 4. The number of nitrogen functional groups attached to an aromatic ring is 4. The maximum absolute atomic E-state index is 5.95. The van der Waals surface area contributed by atoms with Crippen molar-refractivity contribution in [2.75, 3.05) is 76.3 Å². The maximum atomic E-state index is 5.95. The van der Waals surface area contributed by atoms with Crippen LogP contribution in [0.15, 0.2) is 12.4 Å². The van der Waals surface area contributed by atoms with Crippen molar-refractivity contribution < 1.29 is 8.97 Å². The summed E-state index contributed by atoms with van der Waals surface area (Å²) in [5, 5.41) is 8.51. The van der Waals surface area contributed by atoms with Crippen LogP contribution in [-0.2, 0) is 13.1 Å². The fraction of sp³-hybridized carbons (Fsp3) is 0.625. The minimum atomic E-state index is 0.411. The van der Waals surface area contributed by atoms with E-state index in [9.17, 15) is 0 Å². The standard InChI is InChI=1S/C16H32N10/c1-25(5-3-23-12-14(18)15(19)22-23)7-9-26(2,10-8-25)6-4-24-16(20)13(17)11-21-24/h11-12H,3-10,17-18,20H2,1-2H3,(H2,19,22)/q+2. The van der Waals surface area contributed by atoms with E-state index >= 15 is 0 Å². The first-order valence-electron chi connectivity index (χ1n) is 9.02. The molecule has 0 aromatic carbocycles. The number of anilines is 4. The van der Waals surface area contributed by atoms with Crippen molar-refractivity contribution in [3.05, 3.63) is 12.4 Å². The summed E-state index contributed by atoms with van der Waals surface area (Å²) in [4.78, 5) is 0. The molecule has 0 radical (unpaired) electrons. The molecule has 0 amide bonds. The highest BCUT2D eigenvalue weighted by atomic mass is 15.5. The second kappa shape index (κ2) is 6.69. The van der Waals surface area contributed by atoms with Gasteiger partial charge in [-0.25, -0.2) is 4.68 Å². The lowest BCUT2D eigenvalue weighted by atomic mass is 10.2. The number of piperazine rings is 1. The lowest BCUT2D eigenvalue weighted by Crippen LogP contribution is -2.65. The Bertz CT molecular complexity index is 734. The topological polar surface area (TPSA) is 140 Å². The van der Waals surface area contributed by atoms with Gasteiger partial charge in [0.05, 0.1) is 64.0 Å². The van der Waals surface area contributed by atoms with Crippen LogP contribution >= 0.6 is 0 Å². The molecule has 0 saturated carbocycles. The van der Waals surface area contributed by atoms with Gasteiger partial charge in [0.25, 0.3) is 0 Å². The molecule has 144 valence electrons. The molecule has 1 saturated heterocycles. The highest BCUT2D eigenvalue weighted by molar-refractivity contribution is 5.57. The number of hydrogen-bond acceptors (Lipinski definition) is 6. The smallest absolute Gasteiger partial charge is 0.168 e. The normalized spacial score (nSPS) is 26.2. The van der Waals surface area contributed by atoms with Crippen LogP contribution in [0, 0.1) is 0 Å². The molecule has 0 aliphatic carbocycles. The maximum Gasteiger partial charge on any atom is 0.168 e. The van der Waals surface area contributed by atoms with E-state index in [1.54, 1.807) is 10.9 Å². The van der Waals surface area contributed by atoms with Crippen LogP contribution < -0.4 is 22.9 Å². The fourth-order valence-electron chi connectivity index (χ4n) is 3.47. The third kappa shape index (κ3) is 3.86. The van der Waals surface area contributed by atoms with Crippen LogP contribution in [-0.4, -0.2) is 81.9 Å². The molecule has 2 aromatic rings. The Labute approximate surface area is 154 Å². The van der Waals surface area contributed by atoms with E-state index < -0.39 is 0 Å². The summed E-state index contributed by atoms with van der Waals surface area (Å²) in [5.74, 6) is 0.973. The predicted molar refractivity (Wildman–Crippen MR) is 104 cm³/mol. The molecule has 0 bridgehead atoms. The molecular formula is C16H32N10+2. The molecule has 0 spiro atoms. The van der Waals surface area contributed by atoms with E-state index in [1.807, 2.05) is 10.9 Å². The predicted octanol–water partition coefficient (Wildman–Crippen LogP) is -0.985. The summed E-state index contributed by atoms with van der Waals surface area (Å²) in [7, 11) is 4.62. The average molecular weight is 365 g/mol. The molecule has 10 nitrogen and oxygen atoms in total. The number of hydrogen-bond donors (Lipinski definition) is 4. The Hall–Kier alpha value is -2.46. The number of nitrogens with zero attached hydrogens (tertiary/aromatic N) is 6. The molecule has 1 aliphatic rings. The van der Waals surface area contributed by atoms with E-state index in [0.29, 0.717) is 23.0 Å². The first kappa shape index (κ1) is 18.3. The molecule has 10 heteroatoms. The number of likely N-dealkylation sites (N-methyl/N-ethyl adjacent to an activating group) is 2. The van der Waals surface area contributed by atoms with Crippen LogP contribution in [0.5, 0.6) is 0 Å². The van der Waals surface area contributed by atoms with E-state index in [1.165, 1.54) is 0 Å². The minimum Gasteiger partial charge on any atom is -0.394 e. The lowest BCUT2D eigenvalue weighted by Gasteiger charge is -2.46. The van der Waals surface area contributed by atoms with Gasteiger partial charge in [-0.1, -0.05) is 0 Å². The van der Waals surface area contributed by atoms with Crippen molar-refractivity contribution in [3.8, 4) is 0 Å². The second-order valence-corrected chi connectivity index (χ2v) is 8.02. The molecule has 2 aromatic heterocycles. The largest absolute Gasteiger partial charge is 0.394 e. The Morgan fingerprint density at radius 2 is 1.50 bits per heavy atom. The zero-order valence-electron chi connectivity index (χ0n) is 15.8. The van der Waals surface area contributed by atoms with E-state index in [-0.39, 0.29) is 0 Å². The number of rotatable bonds is 6. The zero-order chi connectivity index (χ0) is 18.9. The Morgan fingerprint density at radius 3 is 1.96 bits per heavy atom. The van der Waals surface area contributed by atoms with Gasteiger partial charge in [0.1, 0.15) is 32.0 Å². The Balaban J connectivity index is 1.51. The minimum absolute atomic E-state index is 0.411. The quantitative estimate of drug-likeness (QED) is 0.486. The molecule has 8 N–H and O–H groups in total. The highest BCUT2D eigenvalue weighted by Crippen LogP contribution is 2.18. The van der Waals surface area contributed by atoms with E-state index in [0.717, 1.165) is 61.3 Å². The summed E-state index contributed by atoms with van der Waals surface area (Å²) < 4.78 is 5.70. The summed E-state index contributed by atoms with van der Waals surface area (Å²) in [5.41, 5.74) is 24.3. The van der Waals surface area contributed by atoms with E-state index in [4.69, 9.17) is 22.9 Å². The van der Waals surface area contributed by atoms with E-state index in [2.05, 4.69) is 24.3 Å². The van der Waals surface area contributed by atoms with Gasteiger partial charge in [0.15, 0.2) is 5.82 Å². The Kier molecular flexibility index (Phi) is 4.72. The van der Waals surface area contributed by atoms with Crippen molar-refractivity contribution in [1.82, 2.24) is 19.6 Å². The third-order valence-electron chi connectivity index (χ3n) is 5.81. The molecule has 0 unspecified atom stereocenters. The monoisotopic (exact) mass is 364 g/mol. The third-order valence-corrected chi connectivity index (χ3v) is 5.81. The van der Waals surface area contributed by atoms with Crippen LogP contribution in [0.25, 0.3) is 0 Å². The molecule has 26 heavy (non-hydrogen) atoms. The summed E-state index contributed by atoms with van der Waals surface area (Å²) in [6.45, 7) is 8.12. The van der Waals surface area contributed by atoms with Gasteiger partial charge in [-0.15, -0.1) is 0 Å². The van der Waals surface area contributed by atoms with Crippen molar-refractivity contribution in [3.63, 3.8) is 0 Å². The molecule has 3 heterocycles. The van der Waals surface area contributed by atoms with Gasteiger partial charge < -0.3 is 31.9 Å². The van der Waals surface area contributed by atoms with Gasteiger partial charge in [-0.2, -0.15) is 10.2 Å². The van der Waals surface area contributed by atoms with Crippen molar-refractivity contribution in [2.24, 2.45) is 0 Å². The van der Waals surface area contributed by atoms with Crippen LogP contribution in [0.4, 0.5) is 23.0 Å². The second-order valence-electron chi connectivity index (χ2n) is 8.02. The summed E-state index contributed by atoms with van der Waals surface area (Å²) in [6, 6.07) is 0. The summed E-state index contributed by atoms with van der Waals surface area (Å²) in [6.07, 6.45) is 3.43. The zero-order valence-corrected chi connectivity index (χ0v) is 15.8. The van der Waals surface area contributed by atoms with Crippen molar-refractivity contribution >= 4 is 23.0 Å². The van der Waals surface area contributed by atoms with Gasteiger partial charge in [-0.3, -0.25) is 4.68 Å². The molecule has 0 atom stereocenters. The Morgan fingerprint density at radius 1 is 0.923 bits per heavy atom. The molecule has 3 rings (SSSR count). The molecule has 1 fully saturated rings. The van der Waals surface area contributed by atoms with Crippen molar-refractivity contribution in [2.45, 2.75) is 13.1 Å². The van der Waals surface area contributed by atoms with Gasteiger partial charge in [0.2, 0.25) is 0 Å².